The highest BCUT2D eigenvalue weighted by molar-refractivity contribution is 7.89. The molecule has 0 saturated carbocycles. The summed E-state index contributed by atoms with van der Waals surface area (Å²) in [5.74, 6) is 0.333. The van der Waals surface area contributed by atoms with E-state index in [1.165, 1.54) is 17.5 Å². The molecule has 6 heteroatoms. The summed E-state index contributed by atoms with van der Waals surface area (Å²) in [5.41, 5.74) is 0. The van der Waals surface area contributed by atoms with Crippen LogP contribution in [0.2, 0.25) is 0 Å². The van der Waals surface area contributed by atoms with Gasteiger partial charge in [0.05, 0.1) is 7.11 Å². The van der Waals surface area contributed by atoms with Crippen molar-refractivity contribution in [1.82, 2.24) is 4.31 Å². The van der Waals surface area contributed by atoms with Crippen molar-refractivity contribution in [3.8, 4) is 5.75 Å². The molecule has 0 aromatic heterocycles. The Morgan fingerprint density at radius 2 is 2.00 bits per heavy atom. The monoisotopic (exact) mass is 273 g/mol. The van der Waals surface area contributed by atoms with Crippen LogP contribution in [0, 0.1) is 0 Å². The van der Waals surface area contributed by atoms with E-state index < -0.39 is 10.0 Å². The number of benzene rings is 1. The van der Waals surface area contributed by atoms with Crippen LogP contribution in [0.15, 0.2) is 29.2 Å². The van der Waals surface area contributed by atoms with Gasteiger partial charge >= 0.3 is 0 Å². The number of ether oxygens (including phenoxy) is 1. The Bertz CT molecular complexity index is 473. The standard InChI is InChI=1S/C12H19NO4S/c1-3-13(9-6-10-14)18(15,16)12-8-5-4-7-11(12)17-2/h4-5,7-8,14H,3,6,9-10H2,1-2H3. The summed E-state index contributed by atoms with van der Waals surface area (Å²) in [6, 6.07) is 6.53. The molecule has 0 amide bonds. The number of sulfonamides is 1. The highest BCUT2D eigenvalue weighted by Crippen LogP contribution is 2.26. The molecule has 1 N–H and O–H groups in total. The maximum atomic E-state index is 12.4. The molecular formula is C12H19NO4S. The molecule has 102 valence electrons. The van der Waals surface area contributed by atoms with Crippen LogP contribution in [0.3, 0.4) is 0 Å². The van der Waals surface area contributed by atoms with Crippen LogP contribution in [0.5, 0.6) is 5.75 Å². The SMILES string of the molecule is CCN(CCCO)S(=O)(=O)c1ccccc1OC. The molecule has 0 aliphatic rings. The number of rotatable bonds is 7. The van der Waals surface area contributed by atoms with Crippen molar-refractivity contribution in [3.05, 3.63) is 24.3 Å². The minimum atomic E-state index is -3.57. The Morgan fingerprint density at radius 3 is 2.56 bits per heavy atom. The van der Waals surface area contributed by atoms with Crippen molar-refractivity contribution in [3.63, 3.8) is 0 Å². The third-order valence-electron chi connectivity index (χ3n) is 2.61. The number of hydrogen-bond acceptors (Lipinski definition) is 4. The van der Waals surface area contributed by atoms with Crippen LogP contribution in [-0.2, 0) is 10.0 Å². The van der Waals surface area contributed by atoms with Crippen LogP contribution in [0.25, 0.3) is 0 Å². The average molecular weight is 273 g/mol. The maximum absolute atomic E-state index is 12.4. The largest absolute Gasteiger partial charge is 0.495 e. The summed E-state index contributed by atoms with van der Waals surface area (Å²) in [4.78, 5) is 0.160. The summed E-state index contributed by atoms with van der Waals surface area (Å²) in [6.45, 7) is 2.40. The summed E-state index contributed by atoms with van der Waals surface area (Å²) >= 11 is 0. The van der Waals surface area contributed by atoms with Crippen LogP contribution in [0.4, 0.5) is 0 Å². The van der Waals surface area contributed by atoms with E-state index in [0.717, 1.165) is 0 Å². The van der Waals surface area contributed by atoms with Crippen molar-refractivity contribution >= 4 is 10.0 Å². The van der Waals surface area contributed by atoms with Crippen LogP contribution >= 0.6 is 0 Å². The molecule has 1 rings (SSSR count). The molecule has 0 unspecified atom stereocenters. The van der Waals surface area contributed by atoms with E-state index in [9.17, 15) is 8.42 Å². The molecular weight excluding hydrogens is 254 g/mol. The van der Waals surface area contributed by atoms with Crippen LogP contribution in [-0.4, -0.2) is 44.6 Å². The zero-order valence-electron chi connectivity index (χ0n) is 10.7. The molecule has 0 aliphatic carbocycles. The van der Waals surface area contributed by atoms with Gasteiger partial charge in [0, 0.05) is 19.7 Å². The molecule has 0 atom stereocenters. The molecule has 0 spiro atoms. The second kappa shape index (κ2) is 6.72. The van der Waals surface area contributed by atoms with Crippen molar-refractivity contribution < 1.29 is 18.3 Å². The van der Waals surface area contributed by atoms with Gasteiger partial charge in [-0.1, -0.05) is 19.1 Å². The Balaban J connectivity index is 3.10. The summed E-state index contributed by atoms with van der Waals surface area (Å²) in [5, 5.41) is 8.80. The topological polar surface area (TPSA) is 66.8 Å². The molecule has 0 aliphatic heterocycles. The predicted molar refractivity (Wildman–Crippen MR) is 69.1 cm³/mol. The van der Waals surface area contributed by atoms with Gasteiger partial charge in [0.1, 0.15) is 10.6 Å². The predicted octanol–water partition coefficient (Wildman–Crippen LogP) is 1.09. The minimum absolute atomic E-state index is 0.0298. The number of aliphatic hydroxyl groups is 1. The van der Waals surface area contributed by atoms with Crippen LogP contribution in [0.1, 0.15) is 13.3 Å². The number of hydrogen-bond donors (Lipinski definition) is 1. The van der Waals surface area contributed by atoms with Gasteiger partial charge in [0.2, 0.25) is 10.0 Å². The fourth-order valence-corrected chi connectivity index (χ4v) is 3.31. The molecule has 0 bridgehead atoms. The third-order valence-corrected chi connectivity index (χ3v) is 4.62. The molecule has 1 aromatic rings. The van der Waals surface area contributed by atoms with Crippen molar-refractivity contribution in [2.45, 2.75) is 18.2 Å². The first-order valence-corrected chi connectivity index (χ1v) is 7.26. The lowest BCUT2D eigenvalue weighted by Crippen LogP contribution is -2.32. The van der Waals surface area contributed by atoms with Crippen molar-refractivity contribution in [2.75, 3.05) is 26.8 Å². The highest BCUT2D eigenvalue weighted by Gasteiger charge is 2.25. The summed E-state index contributed by atoms with van der Waals surface area (Å²) in [7, 11) is -2.13. The van der Waals surface area contributed by atoms with Gasteiger partial charge in [0.15, 0.2) is 0 Å². The Labute approximate surface area is 108 Å². The van der Waals surface area contributed by atoms with Gasteiger partial charge in [-0.05, 0) is 18.6 Å². The molecule has 18 heavy (non-hydrogen) atoms. The lowest BCUT2D eigenvalue weighted by Gasteiger charge is -2.21. The fraction of sp³-hybridized carbons (Fsp3) is 0.500. The van der Waals surface area contributed by atoms with E-state index in [1.807, 2.05) is 0 Å². The van der Waals surface area contributed by atoms with Gasteiger partial charge in [-0.2, -0.15) is 4.31 Å². The molecule has 0 fully saturated rings. The molecule has 1 aromatic carbocycles. The van der Waals surface area contributed by atoms with Gasteiger partial charge in [-0.3, -0.25) is 0 Å². The number of para-hydroxylation sites is 1. The number of methoxy groups -OCH3 is 1. The van der Waals surface area contributed by atoms with E-state index in [2.05, 4.69) is 0 Å². The highest BCUT2D eigenvalue weighted by atomic mass is 32.2. The Kier molecular flexibility index (Phi) is 5.58. The smallest absolute Gasteiger partial charge is 0.246 e. The molecule has 5 nitrogen and oxygen atoms in total. The van der Waals surface area contributed by atoms with E-state index in [0.29, 0.717) is 25.3 Å². The first-order chi connectivity index (χ1) is 8.57. The second-order valence-corrected chi connectivity index (χ2v) is 5.63. The van der Waals surface area contributed by atoms with Crippen molar-refractivity contribution in [1.29, 1.82) is 0 Å². The van der Waals surface area contributed by atoms with E-state index >= 15 is 0 Å². The molecule has 0 heterocycles. The zero-order valence-corrected chi connectivity index (χ0v) is 11.5. The lowest BCUT2D eigenvalue weighted by molar-refractivity contribution is 0.271. The van der Waals surface area contributed by atoms with E-state index in [4.69, 9.17) is 9.84 Å². The quantitative estimate of drug-likeness (QED) is 0.807. The average Bonchev–Trinajstić information content (AvgIpc) is 2.39. The number of aliphatic hydroxyl groups excluding tert-OH is 1. The van der Waals surface area contributed by atoms with E-state index in [-0.39, 0.29) is 11.5 Å². The fourth-order valence-electron chi connectivity index (χ4n) is 1.67. The zero-order chi connectivity index (χ0) is 13.6. The normalized spacial score (nSPS) is 11.8. The minimum Gasteiger partial charge on any atom is -0.495 e. The van der Waals surface area contributed by atoms with E-state index in [1.54, 1.807) is 25.1 Å². The lowest BCUT2D eigenvalue weighted by atomic mass is 10.3. The summed E-state index contributed by atoms with van der Waals surface area (Å²) < 4.78 is 31.2. The first-order valence-electron chi connectivity index (χ1n) is 5.82. The van der Waals surface area contributed by atoms with Crippen LogP contribution < -0.4 is 4.74 Å². The summed E-state index contributed by atoms with van der Waals surface area (Å²) in [6.07, 6.45) is 0.419. The second-order valence-electron chi connectivity index (χ2n) is 3.72. The molecule has 0 saturated heterocycles. The number of nitrogens with zero attached hydrogens (tertiary/aromatic N) is 1. The van der Waals surface area contributed by atoms with Gasteiger partial charge in [-0.25, -0.2) is 8.42 Å². The Hall–Kier alpha value is -1.11. The van der Waals surface area contributed by atoms with Crippen molar-refractivity contribution in [2.24, 2.45) is 0 Å². The van der Waals surface area contributed by atoms with Gasteiger partial charge < -0.3 is 9.84 Å². The maximum Gasteiger partial charge on any atom is 0.246 e. The Morgan fingerprint density at radius 1 is 1.33 bits per heavy atom. The first kappa shape index (κ1) is 14.9. The third kappa shape index (κ3) is 3.22. The molecule has 0 radical (unpaired) electrons. The van der Waals surface area contributed by atoms with Gasteiger partial charge in [-0.15, -0.1) is 0 Å². The van der Waals surface area contributed by atoms with Gasteiger partial charge in [0.25, 0.3) is 0 Å².